The molecule has 158 valence electrons. The van der Waals surface area contributed by atoms with Gasteiger partial charge in [-0.3, -0.25) is 19.5 Å². The molecule has 30 heavy (non-hydrogen) atoms. The largest absolute Gasteiger partial charge is 0.280 e. The Hall–Kier alpha value is -2.58. The fraction of sp³-hybridized carbons (Fsp3) is 0.409. The summed E-state index contributed by atoms with van der Waals surface area (Å²) in [5.74, 6) is -0.0468. The second-order valence-electron chi connectivity index (χ2n) is 8.24. The van der Waals surface area contributed by atoms with E-state index < -0.39 is 15.9 Å². The normalized spacial score (nSPS) is 24.2. The van der Waals surface area contributed by atoms with E-state index in [0.29, 0.717) is 17.0 Å². The molecule has 0 unspecified atom stereocenters. The third-order valence-electron chi connectivity index (χ3n) is 6.32. The molecule has 0 bridgehead atoms. The first kappa shape index (κ1) is 20.7. The third kappa shape index (κ3) is 3.77. The highest BCUT2D eigenvalue weighted by Crippen LogP contribution is 2.30. The van der Waals surface area contributed by atoms with E-state index in [2.05, 4.69) is 23.6 Å². The molecule has 7 nitrogen and oxygen atoms in total. The summed E-state index contributed by atoms with van der Waals surface area (Å²) in [7, 11) is -3.63. The molecular formula is C22H25N3O4S. The van der Waals surface area contributed by atoms with Crippen LogP contribution in [0.25, 0.3) is 0 Å². The van der Waals surface area contributed by atoms with E-state index in [0.717, 1.165) is 24.2 Å². The first-order valence-electron chi connectivity index (χ1n) is 10.2. The SMILES string of the molecule is C[C@H]1[C@H](C)CCC[C@@H]1NS(=O)(=O)c1ccc(CN2C(=O)c3cccnc3C2=O)cc1. The number of sulfonamides is 1. The van der Waals surface area contributed by atoms with E-state index in [9.17, 15) is 18.0 Å². The van der Waals surface area contributed by atoms with Gasteiger partial charge in [0.2, 0.25) is 10.0 Å². The molecule has 1 aliphatic carbocycles. The lowest BCUT2D eigenvalue weighted by Gasteiger charge is -2.34. The van der Waals surface area contributed by atoms with Crippen molar-refractivity contribution in [3.05, 3.63) is 59.4 Å². The van der Waals surface area contributed by atoms with E-state index >= 15 is 0 Å². The monoisotopic (exact) mass is 427 g/mol. The number of carbonyl (C=O) groups is 2. The fourth-order valence-electron chi connectivity index (χ4n) is 4.23. The number of pyridine rings is 1. The quantitative estimate of drug-likeness (QED) is 0.740. The van der Waals surface area contributed by atoms with E-state index in [1.54, 1.807) is 24.3 Å². The standard InChI is InChI=1S/C22H25N3O4S/c1-14-5-3-7-19(15(14)2)24-30(28,29)17-10-8-16(9-11-17)13-25-21(26)18-6-4-12-23-20(18)22(25)27/h4,6,8-12,14-15,19,24H,3,5,7,13H2,1-2H3/t14-,15+,19+/m1/s1. The van der Waals surface area contributed by atoms with Gasteiger partial charge in [0, 0.05) is 12.2 Å². The maximum Gasteiger partial charge on any atom is 0.280 e. The van der Waals surface area contributed by atoms with Gasteiger partial charge in [-0.05, 0) is 48.1 Å². The molecular weight excluding hydrogens is 402 g/mol. The van der Waals surface area contributed by atoms with Gasteiger partial charge in [-0.25, -0.2) is 13.1 Å². The van der Waals surface area contributed by atoms with Crippen LogP contribution >= 0.6 is 0 Å². The van der Waals surface area contributed by atoms with Crippen molar-refractivity contribution in [3.8, 4) is 0 Å². The maximum absolute atomic E-state index is 12.8. The zero-order chi connectivity index (χ0) is 21.5. The molecule has 1 aliphatic heterocycles. The van der Waals surface area contributed by atoms with Crippen molar-refractivity contribution in [1.29, 1.82) is 0 Å². The number of nitrogens with one attached hydrogen (secondary N) is 1. The molecule has 1 saturated carbocycles. The van der Waals surface area contributed by atoms with Crippen molar-refractivity contribution in [2.24, 2.45) is 11.8 Å². The van der Waals surface area contributed by atoms with E-state index in [-0.39, 0.29) is 35.0 Å². The van der Waals surface area contributed by atoms with Gasteiger partial charge in [-0.15, -0.1) is 0 Å². The summed E-state index contributed by atoms with van der Waals surface area (Å²) in [5.41, 5.74) is 1.12. The molecule has 0 radical (unpaired) electrons. The van der Waals surface area contributed by atoms with E-state index in [1.165, 1.54) is 18.3 Å². The Labute approximate surface area is 176 Å². The minimum Gasteiger partial charge on any atom is -0.268 e. The first-order valence-corrected chi connectivity index (χ1v) is 11.7. The molecule has 2 aromatic rings. The van der Waals surface area contributed by atoms with Gasteiger partial charge >= 0.3 is 0 Å². The molecule has 2 heterocycles. The van der Waals surface area contributed by atoms with Gasteiger partial charge in [-0.2, -0.15) is 0 Å². The Morgan fingerprint density at radius 2 is 1.80 bits per heavy atom. The van der Waals surface area contributed by atoms with Crippen LogP contribution in [0.15, 0.2) is 47.5 Å². The summed E-state index contributed by atoms with van der Waals surface area (Å²) in [6.45, 7) is 4.32. The third-order valence-corrected chi connectivity index (χ3v) is 7.82. The summed E-state index contributed by atoms with van der Waals surface area (Å²) < 4.78 is 28.5. The van der Waals surface area contributed by atoms with Gasteiger partial charge in [0.05, 0.1) is 17.0 Å². The minimum absolute atomic E-state index is 0.0655. The fourth-order valence-corrected chi connectivity index (χ4v) is 5.59. The zero-order valence-electron chi connectivity index (χ0n) is 17.0. The Morgan fingerprint density at radius 3 is 2.50 bits per heavy atom. The summed E-state index contributed by atoms with van der Waals surface area (Å²) in [6.07, 6.45) is 4.47. The molecule has 4 rings (SSSR count). The first-order chi connectivity index (χ1) is 14.3. The summed E-state index contributed by atoms with van der Waals surface area (Å²) >= 11 is 0. The van der Waals surface area contributed by atoms with E-state index in [1.807, 2.05) is 0 Å². The molecule has 2 amide bonds. The number of hydrogen-bond donors (Lipinski definition) is 1. The highest BCUT2D eigenvalue weighted by molar-refractivity contribution is 7.89. The van der Waals surface area contributed by atoms with Crippen molar-refractivity contribution < 1.29 is 18.0 Å². The predicted molar refractivity (Wildman–Crippen MR) is 111 cm³/mol. The second-order valence-corrected chi connectivity index (χ2v) is 9.95. The lowest BCUT2D eigenvalue weighted by atomic mass is 9.78. The molecule has 3 atom stereocenters. The molecule has 1 aromatic carbocycles. The molecule has 1 fully saturated rings. The Balaban J connectivity index is 1.47. The number of amides is 2. The van der Waals surface area contributed by atoms with Crippen LogP contribution in [0.5, 0.6) is 0 Å². The topological polar surface area (TPSA) is 96.4 Å². The van der Waals surface area contributed by atoms with Crippen molar-refractivity contribution >= 4 is 21.8 Å². The van der Waals surface area contributed by atoms with Crippen LogP contribution in [0.4, 0.5) is 0 Å². The van der Waals surface area contributed by atoms with E-state index in [4.69, 9.17) is 0 Å². The molecule has 1 aromatic heterocycles. The highest BCUT2D eigenvalue weighted by atomic mass is 32.2. The smallest absolute Gasteiger partial charge is 0.268 e. The predicted octanol–water partition coefficient (Wildman–Crippen LogP) is 2.98. The van der Waals surface area contributed by atoms with Crippen LogP contribution in [0.2, 0.25) is 0 Å². The van der Waals surface area contributed by atoms with Crippen molar-refractivity contribution in [1.82, 2.24) is 14.6 Å². The number of rotatable bonds is 5. The van der Waals surface area contributed by atoms with Crippen LogP contribution in [0.1, 0.15) is 59.5 Å². The Kier molecular flexibility index (Phi) is 5.46. The van der Waals surface area contributed by atoms with Crippen molar-refractivity contribution in [2.45, 2.75) is 50.6 Å². The average molecular weight is 428 g/mol. The molecule has 8 heteroatoms. The number of fused-ring (bicyclic) bond motifs is 1. The van der Waals surface area contributed by atoms with Gasteiger partial charge in [0.1, 0.15) is 5.69 Å². The zero-order valence-corrected chi connectivity index (χ0v) is 17.9. The molecule has 0 spiro atoms. The molecule has 1 N–H and O–H groups in total. The second kappa shape index (κ2) is 7.92. The number of carbonyl (C=O) groups excluding carboxylic acids is 2. The summed E-state index contributed by atoms with van der Waals surface area (Å²) in [5, 5.41) is 0. The summed E-state index contributed by atoms with van der Waals surface area (Å²) in [4.78, 5) is 30.2. The Bertz CT molecular complexity index is 1050. The van der Waals surface area contributed by atoms with Crippen LogP contribution < -0.4 is 4.72 Å². The van der Waals surface area contributed by atoms with Crippen LogP contribution in [0.3, 0.4) is 0 Å². The lowest BCUT2D eigenvalue weighted by molar-refractivity contribution is 0.0640. The van der Waals surface area contributed by atoms with Gasteiger partial charge in [0.25, 0.3) is 11.8 Å². The van der Waals surface area contributed by atoms with Crippen LogP contribution in [-0.2, 0) is 16.6 Å². The summed E-state index contributed by atoms with van der Waals surface area (Å²) in [6, 6.07) is 9.45. The number of benzene rings is 1. The number of nitrogens with zero attached hydrogens (tertiary/aromatic N) is 2. The average Bonchev–Trinajstić information content (AvgIpc) is 2.97. The van der Waals surface area contributed by atoms with Crippen LogP contribution in [-0.4, -0.2) is 36.2 Å². The molecule has 0 saturated heterocycles. The van der Waals surface area contributed by atoms with Gasteiger partial charge in [-0.1, -0.05) is 38.8 Å². The highest BCUT2D eigenvalue weighted by Gasteiger charge is 2.36. The Morgan fingerprint density at radius 1 is 1.07 bits per heavy atom. The number of imide groups is 1. The lowest BCUT2D eigenvalue weighted by Crippen LogP contribution is -2.43. The number of aromatic nitrogens is 1. The maximum atomic E-state index is 12.8. The molecule has 2 aliphatic rings. The number of hydrogen-bond acceptors (Lipinski definition) is 5. The van der Waals surface area contributed by atoms with Crippen molar-refractivity contribution in [2.75, 3.05) is 0 Å². The van der Waals surface area contributed by atoms with Gasteiger partial charge in [0.15, 0.2) is 0 Å². The van der Waals surface area contributed by atoms with Gasteiger partial charge < -0.3 is 0 Å². The van der Waals surface area contributed by atoms with Crippen LogP contribution in [0, 0.1) is 11.8 Å². The minimum atomic E-state index is -3.63. The van der Waals surface area contributed by atoms with Crippen molar-refractivity contribution in [3.63, 3.8) is 0 Å².